The van der Waals surface area contributed by atoms with E-state index in [-0.39, 0.29) is 5.91 Å². The summed E-state index contributed by atoms with van der Waals surface area (Å²) in [4.78, 5) is 25.0. The van der Waals surface area contributed by atoms with Crippen LogP contribution in [0.5, 0.6) is 0 Å². The largest absolute Gasteiger partial charge is 0.481 e. The molecule has 0 aliphatic carbocycles. The zero-order valence-corrected chi connectivity index (χ0v) is 11.2. The van der Waals surface area contributed by atoms with E-state index in [4.69, 9.17) is 5.26 Å². The number of hydrogen-bond donors (Lipinski definition) is 1. The number of benzene rings is 1. The first-order valence-electron chi connectivity index (χ1n) is 6.53. The number of carboxylic acid groups (broad SMARTS) is 1. The Morgan fingerprint density at radius 2 is 2.05 bits per heavy atom. The molecule has 0 bridgehead atoms. The highest BCUT2D eigenvalue weighted by Gasteiger charge is 2.36. The van der Waals surface area contributed by atoms with Crippen molar-refractivity contribution >= 4 is 11.9 Å². The second kappa shape index (κ2) is 5.74. The molecule has 5 heteroatoms. The highest BCUT2D eigenvalue weighted by Crippen LogP contribution is 2.35. The average molecular weight is 272 g/mol. The summed E-state index contributed by atoms with van der Waals surface area (Å²) in [5.74, 6) is -1.54. The minimum atomic E-state index is -0.888. The van der Waals surface area contributed by atoms with Crippen molar-refractivity contribution in [1.29, 1.82) is 5.26 Å². The maximum Gasteiger partial charge on any atom is 0.308 e. The lowest BCUT2D eigenvalue weighted by atomic mass is 9.89. The van der Waals surface area contributed by atoms with Crippen LogP contribution in [0.15, 0.2) is 24.3 Å². The number of nitriles is 1. The van der Waals surface area contributed by atoms with Gasteiger partial charge in [-0.15, -0.1) is 0 Å². The van der Waals surface area contributed by atoms with E-state index in [1.54, 1.807) is 31.3 Å². The summed E-state index contributed by atoms with van der Waals surface area (Å²) in [6.45, 7) is 0. The molecule has 1 aromatic rings. The molecule has 104 valence electrons. The van der Waals surface area contributed by atoms with Crippen molar-refractivity contribution in [3.8, 4) is 6.07 Å². The zero-order valence-electron chi connectivity index (χ0n) is 11.2. The van der Waals surface area contributed by atoms with Crippen molar-refractivity contribution in [2.45, 2.75) is 25.3 Å². The van der Waals surface area contributed by atoms with Gasteiger partial charge in [-0.3, -0.25) is 9.59 Å². The molecule has 20 heavy (non-hydrogen) atoms. The first-order valence-corrected chi connectivity index (χ1v) is 6.53. The topological polar surface area (TPSA) is 81.4 Å². The molecule has 1 fully saturated rings. The number of aliphatic carboxylic acids is 1. The standard InChI is InChI=1S/C15H16N2O3/c1-17-13(18)4-2-3-12(15(19)20)14(17)11-7-5-10(9-16)6-8-11/h5-8,12,14H,2-4H2,1H3,(H,19,20). The number of carboxylic acids is 1. The molecule has 5 nitrogen and oxygen atoms in total. The van der Waals surface area contributed by atoms with Crippen LogP contribution in [0.4, 0.5) is 0 Å². The van der Waals surface area contributed by atoms with Gasteiger partial charge in [0, 0.05) is 13.5 Å². The van der Waals surface area contributed by atoms with Crippen molar-refractivity contribution in [1.82, 2.24) is 4.90 Å². The van der Waals surface area contributed by atoms with Crippen LogP contribution in [0.25, 0.3) is 0 Å². The van der Waals surface area contributed by atoms with Crippen molar-refractivity contribution in [3.05, 3.63) is 35.4 Å². The van der Waals surface area contributed by atoms with Crippen LogP contribution in [0.1, 0.15) is 36.4 Å². The van der Waals surface area contributed by atoms with Crippen molar-refractivity contribution in [2.24, 2.45) is 5.92 Å². The maximum absolute atomic E-state index is 12.0. The van der Waals surface area contributed by atoms with Crippen LogP contribution in [0.2, 0.25) is 0 Å². The molecular weight excluding hydrogens is 256 g/mol. The van der Waals surface area contributed by atoms with Gasteiger partial charge >= 0.3 is 5.97 Å². The predicted octanol–water partition coefficient (Wildman–Crippen LogP) is 1.94. The van der Waals surface area contributed by atoms with Crippen molar-refractivity contribution < 1.29 is 14.7 Å². The molecule has 0 radical (unpaired) electrons. The number of carbonyl (C=O) groups is 2. The molecule has 1 heterocycles. The third-order valence-corrected chi connectivity index (χ3v) is 3.80. The van der Waals surface area contributed by atoms with Crippen LogP contribution in [0, 0.1) is 17.2 Å². The quantitative estimate of drug-likeness (QED) is 0.892. The molecule has 0 saturated carbocycles. The van der Waals surface area contributed by atoms with Gasteiger partial charge in [0.1, 0.15) is 0 Å². The van der Waals surface area contributed by atoms with E-state index in [0.29, 0.717) is 24.8 Å². The van der Waals surface area contributed by atoms with Gasteiger partial charge in [-0.2, -0.15) is 5.26 Å². The Labute approximate surface area is 117 Å². The summed E-state index contributed by atoms with van der Waals surface area (Å²) in [6.07, 6.45) is 1.45. The van der Waals surface area contributed by atoms with E-state index >= 15 is 0 Å². The van der Waals surface area contributed by atoms with Crippen molar-refractivity contribution in [3.63, 3.8) is 0 Å². The minimum Gasteiger partial charge on any atom is -0.481 e. The third-order valence-electron chi connectivity index (χ3n) is 3.80. The van der Waals surface area contributed by atoms with Crippen LogP contribution in [-0.2, 0) is 9.59 Å². The number of amides is 1. The van der Waals surface area contributed by atoms with Crippen LogP contribution >= 0.6 is 0 Å². The van der Waals surface area contributed by atoms with E-state index in [1.807, 2.05) is 6.07 Å². The lowest BCUT2D eigenvalue weighted by molar-refractivity contribution is -0.145. The number of hydrogen-bond acceptors (Lipinski definition) is 3. The average Bonchev–Trinajstić information content (AvgIpc) is 2.59. The Morgan fingerprint density at radius 3 is 2.60 bits per heavy atom. The Hall–Kier alpha value is -2.35. The minimum absolute atomic E-state index is 0.0388. The Morgan fingerprint density at radius 1 is 1.40 bits per heavy atom. The Kier molecular flexibility index (Phi) is 4.04. The molecule has 1 aliphatic heterocycles. The molecule has 2 atom stereocenters. The lowest BCUT2D eigenvalue weighted by Gasteiger charge is -2.30. The number of likely N-dealkylation sites (tertiary alicyclic amines) is 1. The highest BCUT2D eigenvalue weighted by atomic mass is 16.4. The van der Waals surface area contributed by atoms with E-state index in [2.05, 4.69) is 0 Å². The van der Waals surface area contributed by atoms with Gasteiger partial charge in [-0.05, 0) is 30.5 Å². The fourth-order valence-corrected chi connectivity index (χ4v) is 2.70. The van der Waals surface area contributed by atoms with Gasteiger partial charge in [0.05, 0.1) is 23.6 Å². The second-order valence-corrected chi connectivity index (χ2v) is 5.02. The molecular formula is C15H16N2O3. The number of rotatable bonds is 2. The molecule has 1 saturated heterocycles. The first kappa shape index (κ1) is 14.1. The summed E-state index contributed by atoms with van der Waals surface area (Å²) in [7, 11) is 1.65. The maximum atomic E-state index is 12.0. The molecule has 1 aliphatic rings. The lowest BCUT2D eigenvalue weighted by Crippen LogP contribution is -2.36. The Bertz CT molecular complexity index is 559. The van der Waals surface area contributed by atoms with Gasteiger partial charge in [-0.1, -0.05) is 12.1 Å². The summed E-state index contributed by atoms with van der Waals surface area (Å²) in [5.41, 5.74) is 1.28. The van der Waals surface area contributed by atoms with Crippen LogP contribution in [-0.4, -0.2) is 28.9 Å². The number of nitrogens with zero attached hydrogens (tertiary/aromatic N) is 2. The van der Waals surface area contributed by atoms with E-state index in [1.165, 1.54) is 4.90 Å². The fraction of sp³-hybridized carbons (Fsp3) is 0.400. The van der Waals surface area contributed by atoms with E-state index < -0.39 is 17.9 Å². The molecule has 2 unspecified atom stereocenters. The summed E-state index contributed by atoms with van der Waals surface area (Å²) < 4.78 is 0. The molecule has 0 spiro atoms. The van der Waals surface area contributed by atoms with E-state index in [9.17, 15) is 14.7 Å². The van der Waals surface area contributed by atoms with Crippen LogP contribution in [0.3, 0.4) is 0 Å². The summed E-state index contributed by atoms with van der Waals surface area (Å²) in [5, 5.41) is 18.2. The van der Waals surface area contributed by atoms with Gasteiger partial charge in [0.2, 0.25) is 5.91 Å². The van der Waals surface area contributed by atoms with Gasteiger partial charge in [-0.25, -0.2) is 0 Å². The SMILES string of the molecule is CN1C(=O)CCCC(C(=O)O)C1c1ccc(C#N)cc1. The zero-order chi connectivity index (χ0) is 14.7. The Balaban J connectivity index is 2.41. The smallest absolute Gasteiger partial charge is 0.308 e. The first-order chi connectivity index (χ1) is 9.54. The van der Waals surface area contributed by atoms with Crippen molar-refractivity contribution in [2.75, 3.05) is 7.05 Å². The third kappa shape index (κ3) is 2.64. The summed E-state index contributed by atoms with van der Waals surface area (Å²) in [6, 6.07) is 8.31. The van der Waals surface area contributed by atoms with Gasteiger partial charge in [0.25, 0.3) is 0 Å². The highest BCUT2D eigenvalue weighted by molar-refractivity contribution is 5.79. The fourth-order valence-electron chi connectivity index (χ4n) is 2.70. The number of carbonyl (C=O) groups excluding carboxylic acids is 1. The molecule has 0 aromatic heterocycles. The monoisotopic (exact) mass is 272 g/mol. The predicted molar refractivity (Wildman–Crippen MR) is 71.6 cm³/mol. The molecule has 1 amide bonds. The summed E-state index contributed by atoms with van der Waals surface area (Å²) >= 11 is 0. The second-order valence-electron chi connectivity index (χ2n) is 5.02. The molecule has 2 rings (SSSR count). The van der Waals surface area contributed by atoms with Crippen LogP contribution < -0.4 is 0 Å². The van der Waals surface area contributed by atoms with Gasteiger partial charge < -0.3 is 10.0 Å². The molecule has 1 aromatic carbocycles. The van der Waals surface area contributed by atoms with E-state index in [0.717, 1.165) is 5.56 Å². The van der Waals surface area contributed by atoms with Gasteiger partial charge in [0.15, 0.2) is 0 Å². The molecule has 1 N–H and O–H groups in total. The normalized spacial score (nSPS) is 23.0.